The molecule has 1 N–H and O–H groups in total. The van der Waals surface area contributed by atoms with Crippen LogP contribution in [0.1, 0.15) is 31.2 Å². The first kappa shape index (κ1) is 8.63. The minimum absolute atomic E-state index is 0.730. The molecule has 2 rings (SSSR count). The highest BCUT2D eigenvalue weighted by Crippen LogP contribution is 2.17. The van der Waals surface area contributed by atoms with Crippen LogP contribution < -0.4 is 5.32 Å². The molecule has 0 unspecified atom stereocenters. The molecule has 1 aromatic rings. The van der Waals surface area contributed by atoms with Crippen LogP contribution >= 0.6 is 0 Å². The standard InChI is InChI=1S/C10H15N3/c1-2-4-10(3-1)11-7-9-5-6-12-13-8-9/h5-6,8,10-11H,1-4,7H2. The fraction of sp³-hybridized carbons (Fsp3) is 0.600. The largest absolute Gasteiger partial charge is 0.310 e. The Bertz CT molecular complexity index is 242. The van der Waals surface area contributed by atoms with Gasteiger partial charge in [-0.3, -0.25) is 0 Å². The first-order valence-corrected chi connectivity index (χ1v) is 4.94. The van der Waals surface area contributed by atoms with Crippen molar-refractivity contribution in [2.75, 3.05) is 0 Å². The van der Waals surface area contributed by atoms with E-state index in [-0.39, 0.29) is 0 Å². The second kappa shape index (κ2) is 4.33. The molecule has 1 heterocycles. The third kappa shape index (κ3) is 2.49. The van der Waals surface area contributed by atoms with E-state index >= 15 is 0 Å². The van der Waals surface area contributed by atoms with E-state index in [0.29, 0.717) is 0 Å². The topological polar surface area (TPSA) is 37.8 Å². The van der Waals surface area contributed by atoms with E-state index in [0.717, 1.165) is 12.6 Å². The van der Waals surface area contributed by atoms with Crippen molar-refractivity contribution in [2.24, 2.45) is 0 Å². The van der Waals surface area contributed by atoms with Gasteiger partial charge in [0.05, 0.1) is 6.20 Å². The molecule has 1 aliphatic carbocycles. The van der Waals surface area contributed by atoms with Gasteiger partial charge in [-0.15, -0.1) is 0 Å². The molecule has 0 radical (unpaired) electrons. The Kier molecular flexibility index (Phi) is 2.87. The number of nitrogens with zero attached hydrogens (tertiary/aromatic N) is 2. The maximum Gasteiger partial charge on any atom is 0.0541 e. The van der Waals surface area contributed by atoms with Crippen LogP contribution in [0.5, 0.6) is 0 Å². The maximum absolute atomic E-state index is 3.84. The average molecular weight is 177 g/mol. The van der Waals surface area contributed by atoms with E-state index in [9.17, 15) is 0 Å². The Morgan fingerprint density at radius 2 is 2.15 bits per heavy atom. The summed E-state index contributed by atoms with van der Waals surface area (Å²) < 4.78 is 0. The van der Waals surface area contributed by atoms with Gasteiger partial charge in [0, 0.05) is 18.8 Å². The average Bonchev–Trinajstić information content (AvgIpc) is 2.69. The lowest BCUT2D eigenvalue weighted by molar-refractivity contribution is 0.523. The van der Waals surface area contributed by atoms with Gasteiger partial charge in [0.1, 0.15) is 0 Å². The Morgan fingerprint density at radius 1 is 1.31 bits per heavy atom. The maximum atomic E-state index is 3.84. The second-order valence-electron chi connectivity index (χ2n) is 3.61. The zero-order chi connectivity index (χ0) is 8.93. The van der Waals surface area contributed by atoms with Crippen LogP contribution in [0.4, 0.5) is 0 Å². The summed E-state index contributed by atoms with van der Waals surface area (Å²) in [6, 6.07) is 2.74. The van der Waals surface area contributed by atoms with E-state index in [1.54, 1.807) is 6.20 Å². The number of rotatable bonds is 3. The van der Waals surface area contributed by atoms with Crippen molar-refractivity contribution in [3.8, 4) is 0 Å². The molecular weight excluding hydrogens is 162 g/mol. The summed E-state index contributed by atoms with van der Waals surface area (Å²) in [5.41, 5.74) is 1.22. The summed E-state index contributed by atoms with van der Waals surface area (Å²) in [7, 11) is 0. The van der Waals surface area contributed by atoms with Gasteiger partial charge < -0.3 is 5.32 Å². The zero-order valence-electron chi connectivity index (χ0n) is 7.74. The summed E-state index contributed by atoms with van der Waals surface area (Å²) >= 11 is 0. The number of hydrogen-bond acceptors (Lipinski definition) is 3. The van der Waals surface area contributed by atoms with Crippen molar-refractivity contribution in [1.82, 2.24) is 15.5 Å². The third-order valence-corrected chi connectivity index (χ3v) is 2.60. The van der Waals surface area contributed by atoms with Crippen LogP contribution in [0.15, 0.2) is 18.5 Å². The van der Waals surface area contributed by atoms with Gasteiger partial charge in [0.15, 0.2) is 0 Å². The molecule has 0 saturated heterocycles. The summed E-state index contributed by atoms with van der Waals surface area (Å²) in [6.45, 7) is 0.931. The predicted molar refractivity (Wildman–Crippen MR) is 51.1 cm³/mol. The fourth-order valence-electron chi connectivity index (χ4n) is 1.81. The van der Waals surface area contributed by atoms with Gasteiger partial charge in [-0.05, 0) is 24.5 Å². The smallest absolute Gasteiger partial charge is 0.0541 e. The predicted octanol–water partition coefficient (Wildman–Crippen LogP) is 1.51. The van der Waals surface area contributed by atoms with Crippen LogP contribution in [0.25, 0.3) is 0 Å². The molecule has 1 aromatic heterocycles. The lowest BCUT2D eigenvalue weighted by Gasteiger charge is -2.10. The first-order chi connectivity index (χ1) is 6.45. The SMILES string of the molecule is c1cc(CNC2CCCC2)cnn1. The van der Waals surface area contributed by atoms with Gasteiger partial charge in [-0.25, -0.2) is 0 Å². The lowest BCUT2D eigenvalue weighted by Crippen LogP contribution is -2.25. The molecule has 70 valence electrons. The second-order valence-corrected chi connectivity index (χ2v) is 3.61. The number of aromatic nitrogens is 2. The van der Waals surface area contributed by atoms with Gasteiger partial charge >= 0.3 is 0 Å². The van der Waals surface area contributed by atoms with E-state index in [1.807, 2.05) is 12.3 Å². The molecule has 3 heteroatoms. The van der Waals surface area contributed by atoms with E-state index in [2.05, 4.69) is 15.5 Å². The van der Waals surface area contributed by atoms with Gasteiger partial charge in [0.2, 0.25) is 0 Å². The summed E-state index contributed by atoms with van der Waals surface area (Å²) in [5, 5.41) is 11.1. The summed E-state index contributed by atoms with van der Waals surface area (Å²) in [4.78, 5) is 0. The minimum atomic E-state index is 0.730. The molecule has 0 atom stereocenters. The third-order valence-electron chi connectivity index (χ3n) is 2.60. The molecule has 0 amide bonds. The highest BCUT2D eigenvalue weighted by Gasteiger charge is 2.13. The molecule has 1 fully saturated rings. The van der Waals surface area contributed by atoms with Crippen molar-refractivity contribution in [3.05, 3.63) is 24.0 Å². The monoisotopic (exact) mass is 177 g/mol. The Morgan fingerprint density at radius 3 is 2.85 bits per heavy atom. The van der Waals surface area contributed by atoms with Crippen molar-refractivity contribution in [2.45, 2.75) is 38.3 Å². The molecule has 13 heavy (non-hydrogen) atoms. The van der Waals surface area contributed by atoms with Crippen LogP contribution in [-0.4, -0.2) is 16.2 Å². The molecule has 3 nitrogen and oxygen atoms in total. The fourth-order valence-corrected chi connectivity index (χ4v) is 1.81. The molecule has 0 spiro atoms. The normalized spacial score (nSPS) is 17.8. The van der Waals surface area contributed by atoms with Gasteiger partial charge in [0.25, 0.3) is 0 Å². The van der Waals surface area contributed by atoms with E-state index in [1.165, 1.54) is 31.2 Å². The van der Waals surface area contributed by atoms with Crippen LogP contribution in [0.3, 0.4) is 0 Å². The lowest BCUT2D eigenvalue weighted by atomic mass is 10.2. The van der Waals surface area contributed by atoms with E-state index < -0.39 is 0 Å². The van der Waals surface area contributed by atoms with E-state index in [4.69, 9.17) is 0 Å². The Hall–Kier alpha value is -0.960. The molecule has 1 aliphatic rings. The summed E-state index contributed by atoms with van der Waals surface area (Å²) in [6.07, 6.45) is 8.99. The van der Waals surface area contributed by atoms with Crippen molar-refractivity contribution < 1.29 is 0 Å². The van der Waals surface area contributed by atoms with Crippen LogP contribution in [0.2, 0.25) is 0 Å². The number of hydrogen-bond donors (Lipinski definition) is 1. The highest BCUT2D eigenvalue weighted by molar-refractivity contribution is 5.04. The van der Waals surface area contributed by atoms with Crippen LogP contribution in [0, 0.1) is 0 Å². The van der Waals surface area contributed by atoms with Crippen LogP contribution in [-0.2, 0) is 6.54 Å². The van der Waals surface area contributed by atoms with Gasteiger partial charge in [-0.2, -0.15) is 10.2 Å². The highest BCUT2D eigenvalue weighted by atomic mass is 15.1. The quantitative estimate of drug-likeness (QED) is 0.760. The number of nitrogens with one attached hydrogen (secondary N) is 1. The molecule has 1 saturated carbocycles. The molecular formula is C10H15N3. The molecule has 0 bridgehead atoms. The van der Waals surface area contributed by atoms with Crippen molar-refractivity contribution >= 4 is 0 Å². The van der Waals surface area contributed by atoms with Crippen molar-refractivity contribution in [1.29, 1.82) is 0 Å². The van der Waals surface area contributed by atoms with Crippen molar-refractivity contribution in [3.63, 3.8) is 0 Å². The van der Waals surface area contributed by atoms with Gasteiger partial charge in [-0.1, -0.05) is 12.8 Å². The first-order valence-electron chi connectivity index (χ1n) is 4.94. The molecule has 0 aliphatic heterocycles. The minimum Gasteiger partial charge on any atom is -0.310 e. The Labute approximate surface area is 78.6 Å². The zero-order valence-corrected chi connectivity index (χ0v) is 7.74. The summed E-state index contributed by atoms with van der Waals surface area (Å²) in [5.74, 6) is 0. The molecule has 0 aromatic carbocycles. The Balaban J connectivity index is 1.79.